The quantitative estimate of drug-likeness (QED) is 0.710. The second kappa shape index (κ2) is 5.24. The number of aliphatic hydroxyl groups excluding tert-OH is 1. The van der Waals surface area contributed by atoms with E-state index in [1.807, 2.05) is 0 Å². The lowest BCUT2D eigenvalue weighted by Gasteiger charge is -2.39. The van der Waals surface area contributed by atoms with Crippen molar-refractivity contribution in [2.45, 2.75) is 70.7 Å². The third-order valence-corrected chi connectivity index (χ3v) is 4.32. The van der Waals surface area contributed by atoms with Gasteiger partial charge in [-0.05, 0) is 31.1 Å². The lowest BCUT2D eigenvalue weighted by molar-refractivity contribution is -0.142. The first-order valence-corrected chi connectivity index (χ1v) is 7.20. The average Bonchev–Trinajstić information content (AvgIpc) is 2.56. The molecule has 6 heteroatoms. The van der Waals surface area contributed by atoms with Crippen molar-refractivity contribution in [3.63, 3.8) is 0 Å². The first-order valence-electron chi connectivity index (χ1n) is 7.20. The SMILES string of the molecule is CC(C)(C)[C@H](NC(=O)N1C2CCC1CC(O)C2)C(=O)O. The van der Waals surface area contributed by atoms with Crippen molar-refractivity contribution < 1.29 is 19.8 Å². The van der Waals surface area contributed by atoms with Gasteiger partial charge in [0.25, 0.3) is 0 Å². The number of hydrogen-bond donors (Lipinski definition) is 3. The van der Waals surface area contributed by atoms with Gasteiger partial charge in [-0.2, -0.15) is 0 Å². The summed E-state index contributed by atoms with van der Waals surface area (Å²) in [7, 11) is 0. The number of carbonyl (C=O) groups excluding carboxylic acids is 1. The lowest BCUT2D eigenvalue weighted by atomic mass is 9.87. The van der Waals surface area contributed by atoms with Gasteiger partial charge < -0.3 is 20.4 Å². The maximum Gasteiger partial charge on any atom is 0.326 e. The van der Waals surface area contributed by atoms with Crippen LogP contribution >= 0.6 is 0 Å². The summed E-state index contributed by atoms with van der Waals surface area (Å²) in [5.74, 6) is -1.02. The van der Waals surface area contributed by atoms with Gasteiger partial charge in [0, 0.05) is 12.1 Å². The molecule has 0 radical (unpaired) electrons. The van der Waals surface area contributed by atoms with Crippen LogP contribution in [-0.4, -0.2) is 51.3 Å². The highest BCUT2D eigenvalue weighted by molar-refractivity contribution is 5.83. The van der Waals surface area contributed by atoms with Gasteiger partial charge in [0.1, 0.15) is 6.04 Å². The molecule has 0 aromatic carbocycles. The smallest absolute Gasteiger partial charge is 0.326 e. The maximum atomic E-state index is 12.4. The third-order valence-electron chi connectivity index (χ3n) is 4.32. The van der Waals surface area contributed by atoms with Crippen molar-refractivity contribution in [2.75, 3.05) is 0 Å². The van der Waals surface area contributed by atoms with Gasteiger partial charge in [0.15, 0.2) is 0 Å². The zero-order valence-electron chi connectivity index (χ0n) is 12.3. The Morgan fingerprint density at radius 2 is 1.70 bits per heavy atom. The van der Waals surface area contributed by atoms with Gasteiger partial charge in [0.2, 0.25) is 0 Å². The number of piperidine rings is 1. The molecule has 2 unspecified atom stereocenters. The number of aliphatic hydroxyl groups is 1. The molecule has 2 heterocycles. The Bertz CT molecular complexity index is 390. The molecular weight excluding hydrogens is 260 g/mol. The van der Waals surface area contributed by atoms with E-state index < -0.39 is 17.4 Å². The summed E-state index contributed by atoms with van der Waals surface area (Å²) in [6.45, 7) is 5.38. The second-order valence-corrected chi connectivity index (χ2v) is 7.00. The number of rotatable bonds is 2. The van der Waals surface area contributed by atoms with Crippen molar-refractivity contribution in [3.05, 3.63) is 0 Å². The minimum Gasteiger partial charge on any atom is -0.480 e. The van der Waals surface area contributed by atoms with Crippen LogP contribution in [0.1, 0.15) is 46.5 Å². The number of amides is 2. The molecule has 20 heavy (non-hydrogen) atoms. The van der Waals surface area contributed by atoms with Crippen LogP contribution in [0.25, 0.3) is 0 Å². The summed E-state index contributed by atoms with van der Waals surface area (Å²) in [6.07, 6.45) is 2.63. The van der Waals surface area contributed by atoms with E-state index in [-0.39, 0.29) is 24.2 Å². The largest absolute Gasteiger partial charge is 0.480 e. The molecule has 2 aliphatic heterocycles. The van der Waals surface area contributed by atoms with Crippen molar-refractivity contribution in [2.24, 2.45) is 5.41 Å². The average molecular weight is 284 g/mol. The van der Waals surface area contributed by atoms with E-state index in [9.17, 15) is 19.8 Å². The summed E-state index contributed by atoms with van der Waals surface area (Å²) in [6, 6.07) is -1.15. The van der Waals surface area contributed by atoms with Crippen molar-refractivity contribution in [1.29, 1.82) is 0 Å². The molecule has 2 aliphatic rings. The number of hydrogen-bond acceptors (Lipinski definition) is 3. The van der Waals surface area contributed by atoms with Gasteiger partial charge in [-0.15, -0.1) is 0 Å². The summed E-state index contributed by atoms with van der Waals surface area (Å²) in [5, 5.41) is 21.7. The fraction of sp³-hybridized carbons (Fsp3) is 0.857. The van der Waals surface area contributed by atoms with E-state index in [0.717, 1.165) is 12.8 Å². The van der Waals surface area contributed by atoms with Crippen molar-refractivity contribution in [3.8, 4) is 0 Å². The predicted molar refractivity (Wildman–Crippen MR) is 73.3 cm³/mol. The molecule has 2 rings (SSSR count). The van der Waals surface area contributed by atoms with Crippen molar-refractivity contribution >= 4 is 12.0 Å². The van der Waals surface area contributed by atoms with Gasteiger partial charge in [-0.25, -0.2) is 9.59 Å². The number of fused-ring (bicyclic) bond motifs is 2. The number of nitrogens with zero attached hydrogens (tertiary/aromatic N) is 1. The first kappa shape index (κ1) is 15.1. The number of carbonyl (C=O) groups is 2. The van der Waals surface area contributed by atoms with Crippen LogP contribution in [0, 0.1) is 5.41 Å². The molecule has 2 bridgehead atoms. The number of urea groups is 1. The number of carboxylic acid groups (broad SMARTS) is 1. The predicted octanol–water partition coefficient (Wildman–Crippen LogP) is 1.18. The molecule has 0 saturated carbocycles. The molecule has 3 atom stereocenters. The molecule has 2 fully saturated rings. The minimum absolute atomic E-state index is 0.0400. The van der Waals surface area contributed by atoms with Crippen LogP contribution in [0.2, 0.25) is 0 Å². The van der Waals surface area contributed by atoms with E-state index in [2.05, 4.69) is 5.32 Å². The van der Waals surface area contributed by atoms with Crippen LogP contribution in [0.4, 0.5) is 4.79 Å². The Morgan fingerprint density at radius 3 is 2.10 bits per heavy atom. The van der Waals surface area contributed by atoms with E-state index in [0.29, 0.717) is 12.8 Å². The van der Waals surface area contributed by atoms with Gasteiger partial charge in [-0.3, -0.25) is 0 Å². The Hall–Kier alpha value is -1.30. The highest BCUT2D eigenvalue weighted by Gasteiger charge is 2.44. The lowest BCUT2D eigenvalue weighted by Crippen LogP contribution is -2.57. The Balaban J connectivity index is 2.07. The third kappa shape index (κ3) is 2.90. The van der Waals surface area contributed by atoms with Gasteiger partial charge in [-0.1, -0.05) is 20.8 Å². The fourth-order valence-corrected chi connectivity index (χ4v) is 3.33. The molecule has 114 valence electrons. The highest BCUT2D eigenvalue weighted by Crippen LogP contribution is 2.36. The first-order chi connectivity index (χ1) is 9.20. The monoisotopic (exact) mass is 284 g/mol. The molecule has 2 amide bonds. The second-order valence-electron chi connectivity index (χ2n) is 7.00. The number of carboxylic acids is 1. The van der Waals surface area contributed by atoms with E-state index in [1.165, 1.54) is 0 Å². The molecule has 0 aromatic rings. The highest BCUT2D eigenvalue weighted by atomic mass is 16.4. The zero-order valence-corrected chi connectivity index (χ0v) is 12.3. The number of aliphatic carboxylic acids is 1. The standard InChI is InChI=1S/C14H24N2O4/c1-14(2,3)11(12(18)19)15-13(20)16-8-4-5-9(16)7-10(17)6-8/h8-11,17H,4-7H2,1-3H3,(H,15,20)(H,18,19)/t8?,9?,10?,11-/m1/s1. The topological polar surface area (TPSA) is 89.9 Å². The van der Waals surface area contributed by atoms with E-state index in [1.54, 1.807) is 25.7 Å². The zero-order chi connectivity index (χ0) is 15.1. The summed E-state index contributed by atoms with van der Waals surface area (Å²) >= 11 is 0. The molecular formula is C14H24N2O4. The van der Waals surface area contributed by atoms with Gasteiger partial charge in [0.05, 0.1) is 6.10 Å². The summed E-state index contributed by atoms with van der Waals surface area (Å²) in [4.78, 5) is 25.5. The van der Waals surface area contributed by atoms with Gasteiger partial charge >= 0.3 is 12.0 Å². The summed E-state index contributed by atoms with van der Waals surface area (Å²) < 4.78 is 0. The van der Waals surface area contributed by atoms with Crippen LogP contribution in [0.15, 0.2) is 0 Å². The molecule has 0 spiro atoms. The van der Waals surface area contributed by atoms with E-state index >= 15 is 0 Å². The van der Waals surface area contributed by atoms with Crippen LogP contribution in [-0.2, 0) is 4.79 Å². The molecule has 3 N–H and O–H groups in total. The Morgan fingerprint density at radius 1 is 1.20 bits per heavy atom. The molecule has 6 nitrogen and oxygen atoms in total. The fourth-order valence-electron chi connectivity index (χ4n) is 3.33. The maximum absolute atomic E-state index is 12.4. The van der Waals surface area contributed by atoms with Crippen molar-refractivity contribution in [1.82, 2.24) is 10.2 Å². The van der Waals surface area contributed by atoms with E-state index in [4.69, 9.17) is 0 Å². The Labute approximate surface area is 119 Å². The minimum atomic E-state index is -1.02. The Kier molecular flexibility index (Phi) is 3.95. The van der Waals surface area contributed by atoms with Crippen LogP contribution < -0.4 is 5.32 Å². The normalized spacial score (nSPS) is 31.0. The molecule has 0 aliphatic carbocycles. The summed E-state index contributed by atoms with van der Waals surface area (Å²) in [5.41, 5.74) is -0.546. The van der Waals surface area contributed by atoms with Crippen LogP contribution in [0.3, 0.4) is 0 Å². The molecule has 2 saturated heterocycles. The molecule has 0 aromatic heterocycles. The van der Waals surface area contributed by atoms with Crippen LogP contribution in [0.5, 0.6) is 0 Å². The number of nitrogens with one attached hydrogen (secondary N) is 1.